The Balaban J connectivity index is 1.54. The van der Waals surface area contributed by atoms with E-state index in [-0.39, 0.29) is 18.1 Å². The van der Waals surface area contributed by atoms with Gasteiger partial charge in [0.05, 0.1) is 12.5 Å². The van der Waals surface area contributed by atoms with Crippen LogP contribution in [0.15, 0.2) is 24.3 Å². The summed E-state index contributed by atoms with van der Waals surface area (Å²) < 4.78 is 11.0. The first-order valence-corrected chi connectivity index (χ1v) is 12.7. The highest BCUT2D eigenvalue weighted by atomic mass is 16.6. The Morgan fingerprint density at radius 3 is 2.44 bits per heavy atom. The summed E-state index contributed by atoms with van der Waals surface area (Å²) in [5.41, 5.74) is -4.60. The van der Waals surface area contributed by atoms with Gasteiger partial charge >= 0.3 is 24.0 Å². The number of imide groups is 1. The molecule has 3 aliphatic rings. The number of carbonyl (C=O) groups is 5. The number of amides is 5. The topological polar surface area (TPSA) is 215 Å². The lowest BCUT2D eigenvalue weighted by molar-refractivity contribution is -0.191. The van der Waals surface area contributed by atoms with Crippen LogP contribution < -0.4 is 15.5 Å². The summed E-state index contributed by atoms with van der Waals surface area (Å²) in [5.74, 6) is -2.97. The number of aliphatic hydroxyl groups excluding tert-OH is 1. The lowest BCUT2D eigenvalue weighted by atomic mass is 9.91. The molecule has 3 heterocycles. The minimum atomic E-state index is -2.87. The van der Waals surface area contributed by atoms with Gasteiger partial charge in [0.15, 0.2) is 11.8 Å². The molecule has 3 fully saturated rings. The molecule has 1 aromatic rings. The summed E-state index contributed by atoms with van der Waals surface area (Å²) >= 11 is 0. The monoisotopic (exact) mass is 574 g/mol. The third-order valence-corrected chi connectivity index (χ3v) is 7.42. The number of hydrogen-bond acceptors (Lipinski definition) is 9. The van der Waals surface area contributed by atoms with Crippen LogP contribution in [0.4, 0.5) is 15.3 Å². The van der Waals surface area contributed by atoms with Gasteiger partial charge in [-0.2, -0.15) is 0 Å². The average Bonchev–Trinajstić information content (AvgIpc) is 3.19. The third kappa shape index (κ3) is 5.42. The van der Waals surface area contributed by atoms with Crippen LogP contribution in [0.2, 0.25) is 0 Å². The first-order valence-electron chi connectivity index (χ1n) is 12.7. The molecule has 0 saturated carbocycles. The van der Waals surface area contributed by atoms with Crippen LogP contribution >= 0.6 is 0 Å². The Bertz CT molecular complexity index is 1260. The zero-order valence-corrected chi connectivity index (χ0v) is 22.0. The second-order valence-corrected chi connectivity index (χ2v) is 10.1. The van der Waals surface area contributed by atoms with E-state index in [4.69, 9.17) is 15.9 Å². The standard InChI is InChI=1S/C26H30N4O11/c1-3-25(39)17(41-20(18(25)31)30-12-14(2)19(32)28-24(30)38)13-40-26(21(33)34,22(35)36)11-15-5-7-16(8-6-15)29-10-4-9-27-23(29)37/h1,5-8,14,17-18,20,31,39H,4,9-13H2,2H3,(H,27,37)(H,33,34)(H,35,36)(H,28,32,38)/t14?,17-,18+,20-,25-/m1/s1. The lowest BCUT2D eigenvalue weighted by Crippen LogP contribution is -2.60. The minimum Gasteiger partial charge on any atom is -0.479 e. The molecule has 5 atom stereocenters. The first kappa shape index (κ1) is 29.7. The Morgan fingerprint density at radius 2 is 1.85 bits per heavy atom. The molecule has 220 valence electrons. The number of nitrogens with zero attached hydrogens (tertiary/aromatic N) is 2. The highest BCUT2D eigenvalue weighted by Gasteiger charge is 2.59. The van der Waals surface area contributed by atoms with E-state index < -0.39 is 72.5 Å². The van der Waals surface area contributed by atoms with Gasteiger partial charge in [-0.25, -0.2) is 19.2 Å². The zero-order chi connectivity index (χ0) is 30.1. The molecule has 15 nitrogen and oxygen atoms in total. The SMILES string of the molecule is C#C[C@@]1(O)[C@@H](COC(Cc2ccc(N3CCCNC3=O)cc2)(C(=O)O)C(=O)O)O[C@@H](N2CC(C)C(=O)NC2=O)[C@@H]1O. The van der Waals surface area contributed by atoms with Gasteiger partial charge in [0.1, 0.15) is 12.2 Å². The summed E-state index contributed by atoms with van der Waals surface area (Å²) in [6.07, 6.45) is 0.405. The maximum absolute atomic E-state index is 12.4. The molecule has 0 aliphatic carbocycles. The van der Waals surface area contributed by atoms with Crippen molar-refractivity contribution in [2.45, 2.75) is 49.4 Å². The van der Waals surface area contributed by atoms with Crippen molar-refractivity contribution >= 4 is 35.6 Å². The second kappa shape index (κ2) is 11.3. The molecule has 0 bridgehead atoms. The quantitative estimate of drug-likeness (QED) is 0.151. The number of ether oxygens (including phenoxy) is 2. The number of terminal acetylenes is 1. The molecule has 0 aromatic heterocycles. The highest BCUT2D eigenvalue weighted by molar-refractivity contribution is 6.02. The van der Waals surface area contributed by atoms with Crippen molar-refractivity contribution in [1.82, 2.24) is 15.5 Å². The minimum absolute atomic E-state index is 0.177. The molecule has 15 heteroatoms. The number of carboxylic acid groups (broad SMARTS) is 2. The molecule has 0 radical (unpaired) electrons. The van der Waals surface area contributed by atoms with Gasteiger partial charge in [0, 0.05) is 31.7 Å². The highest BCUT2D eigenvalue weighted by Crippen LogP contribution is 2.35. The van der Waals surface area contributed by atoms with Crippen LogP contribution in [0.1, 0.15) is 18.9 Å². The van der Waals surface area contributed by atoms with Crippen molar-refractivity contribution in [3.05, 3.63) is 29.8 Å². The molecule has 5 amide bonds. The van der Waals surface area contributed by atoms with Crippen molar-refractivity contribution in [1.29, 1.82) is 0 Å². The van der Waals surface area contributed by atoms with Crippen LogP contribution in [0.25, 0.3) is 0 Å². The molecule has 41 heavy (non-hydrogen) atoms. The fraction of sp³-hybridized carbons (Fsp3) is 0.500. The maximum Gasteiger partial charge on any atom is 0.348 e. The number of hydrogen-bond donors (Lipinski definition) is 6. The molecular formula is C26H30N4O11. The molecule has 3 saturated heterocycles. The smallest absolute Gasteiger partial charge is 0.348 e. The van der Waals surface area contributed by atoms with Crippen molar-refractivity contribution in [2.24, 2.45) is 5.92 Å². The normalized spacial score (nSPS) is 28.6. The lowest BCUT2D eigenvalue weighted by Gasteiger charge is -2.35. The van der Waals surface area contributed by atoms with E-state index in [9.17, 15) is 44.4 Å². The molecule has 4 rings (SSSR count). The number of anilines is 1. The van der Waals surface area contributed by atoms with Gasteiger partial charge in [-0.1, -0.05) is 25.0 Å². The number of benzene rings is 1. The summed E-state index contributed by atoms with van der Waals surface area (Å²) in [6.45, 7) is 1.47. The number of aliphatic carboxylic acids is 2. The van der Waals surface area contributed by atoms with E-state index in [0.29, 0.717) is 18.8 Å². The van der Waals surface area contributed by atoms with E-state index in [1.165, 1.54) is 24.0 Å². The molecule has 1 unspecified atom stereocenters. The number of rotatable bonds is 9. The van der Waals surface area contributed by atoms with Gasteiger partial charge in [-0.05, 0) is 24.1 Å². The Morgan fingerprint density at radius 1 is 1.20 bits per heavy atom. The number of carboxylic acids is 2. The van der Waals surface area contributed by atoms with E-state index in [2.05, 4.69) is 10.6 Å². The van der Waals surface area contributed by atoms with Crippen LogP contribution in [0, 0.1) is 18.3 Å². The van der Waals surface area contributed by atoms with Crippen molar-refractivity contribution in [3.8, 4) is 12.3 Å². The molecule has 6 N–H and O–H groups in total. The molecule has 3 aliphatic heterocycles. The number of urea groups is 2. The number of nitrogens with one attached hydrogen (secondary N) is 2. The summed E-state index contributed by atoms with van der Waals surface area (Å²) in [4.78, 5) is 63.3. The Labute approximate surface area is 234 Å². The van der Waals surface area contributed by atoms with E-state index in [0.717, 1.165) is 11.3 Å². The summed E-state index contributed by atoms with van der Waals surface area (Å²) in [5, 5.41) is 46.5. The predicted octanol–water partition coefficient (Wildman–Crippen LogP) is -1.29. The largest absolute Gasteiger partial charge is 0.479 e. The Kier molecular flexibility index (Phi) is 8.22. The molecule has 0 spiro atoms. The van der Waals surface area contributed by atoms with Gasteiger partial charge < -0.3 is 35.2 Å². The van der Waals surface area contributed by atoms with E-state index in [1.54, 1.807) is 12.1 Å². The van der Waals surface area contributed by atoms with Crippen LogP contribution in [0.5, 0.6) is 0 Å². The summed E-state index contributed by atoms with van der Waals surface area (Å²) in [6, 6.07) is 4.81. The number of carbonyl (C=O) groups excluding carboxylic acids is 3. The van der Waals surface area contributed by atoms with Gasteiger partial charge in [-0.3, -0.25) is 19.9 Å². The second-order valence-electron chi connectivity index (χ2n) is 10.1. The summed E-state index contributed by atoms with van der Waals surface area (Å²) in [7, 11) is 0. The Hall–Kier alpha value is -4.23. The van der Waals surface area contributed by atoms with Gasteiger partial charge in [-0.15, -0.1) is 6.42 Å². The fourth-order valence-electron chi connectivity index (χ4n) is 4.92. The van der Waals surface area contributed by atoms with Crippen molar-refractivity contribution in [2.75, 3.05) is 31.1 Å². The maximum atomic E-state index is 12.4. The molecule has 1 aromatic carbocycles. The van der Waals surface area contributed by atoms with Crippen LogP contribution in [-0.2, 0) is 30.3 Å². The van der Waals surface area contributed by atoms with E-state index >= 15 is 0 Å². The third-order valence-electron chi connectivity index (χ3n) is 7.42. The predicted molar refractivity (Wildman–Crippen MR) is 137 cm³/mol. The van der Waals surface area contributed by atoms with Crippen molar-refractivity contribution < 1.29 is 53.9 Å². The first-order chi connectivity index (χ1) is 19.3. The van der Waals surface area contributed by atoms with Crippen LogP contribution in [-0.4, -0.2) is 111 Å². The fourth-order valence-corrected chi connectivity index (χ4v) is 4.92. The van der Waals surface area contributed by atoms with E-state index in [1.807, 2.05) is 5.92 Å². The van der Waals surface area contributed by atoms with Crippen LogP contribution in [0.3, 0.4) is 0 Å². The zero-order valence-electron chi connectivity index (χ0n) is 22.0. The number of aliphatic hydroxyl groups is 2. The van der Waals surface area contributed by atoms with Gasteiger partial charge in [0.25, 0.3) is 5.60 Å². The molecular weight excluding hydrogens is 544 g/mol. The average molecular weight is 575 g/mol. The van der Waals surface area contributed by atoms with Gasteiger partial charge in [0.2, 0.25) is 5.91 Å². The van der Waals surface area contributed by atoms with Crippen molar-refractivity contribution in [3.63, 3.8) is 0 Å².